The summed E-state index contributed by atoms with van der Waals surface area (Å²) in [6.07, 6.45) is 13.5. The summed E-state index contributed by atoms with van der Waals surface area (Å²) in [6, 6.07) is 11.6. The van der Waals surface area contributed by atoms with Crippen LogP contribution in [0.1, 0.15) is 67.7 Å². The molecule has 0 bridgehead atoms. The number of hydrogen-bond donors (Lipinski definition) is 5. The highest BCUT2D eigenvalue weighted by Crippen LogP contribution is 2.31. The SMILES string of the molecule is CC(O)c1cc2cnc(Nc3ccc(N4CCNCC4)cn3)nc2c(N2CCCCC2)n1.COC(=O)c1cc2cnc(Nc3ccc(N4CCNCC4)cn3)nc2c(N2CCCCC2)n1. The van der Waals surface area contributed by atoms with Crippen molar-refractivity contribution in [3.8, 4) is 0 Å². The molecule has 0 saturated carbocycles. The van der Waals surface area contributed by atoms with Crippen LogP contribution in [0.5, 0.6) is 0 Å². The van der Waals surface area contributed by atoms with Gasteiger partial charge in [0.2, 0.25) is 11.9 Å². The molecule has 0 spiro atoms. The second-order valence-electron chi connectivity index (χ2n) is 16.8. The van der Waals surface area contributed by atoms with E-state index in [1.807, 2.05) is 30.6 Å². The lowest BCUT2D eigenvalue weighted by molar-refractivity contribution is 0.0594. The van der Waals surface area contributed by atoms with Crippen LogP contribution in [0.3, 0.4) is 0 Å². The van der Waals surface area contributed by atoms with Crippen molar-refractivity contribution in [1.82, 2.24) is 50.5 Å². The molecule has 19 heteroatoms. The molecule has 340 valence electrons. The summed E-state index contributed by atoms with van der Waals surface area (Å²) in [4.78, 5) is 58.3. The van der Waals surface area contributed by atoms with Gasteiger partial charge in [0.1, 0.15) is 22.7 Å². The molecule has 4 aliphatic heterocycles. The number of aromatic nitrogens is 8. The number of piperidine rings is 2. The Labute approximate surface area is 378 Å². The summed E-state index contributed by atoms with van der Waals surface area (Å²) < 4.78 is 4.90. The van der Waals surface area contributed by atoms with Crippen LogP contribution in [-0.4, -0.2) is 137 Å². The van der Waals surface area contributed by atoms with E-state index in [9.17, 15) is 9.90 Å². The first-order chi connectivity index (χ1) is 31.9. The summed E-state index contributed by atoms with van der Waals surface area (Å²) in [5.41, 5.74) is 4.64. The number of carbonyl (C=O) groups is 1. The molecule has 0 aromatic carbocycles. The van der Waals surface area contributed by atoms with E-state index in [1.165, 1.54) is 20.0 Å². The van der Waals surface area contributed by atoms with Crippen molar-refractivity contribution in [2.45, 2.75) is 51.6 Å². The standard InChI is InChI=1S/C23H28N8O2.C23H30N8O/c1-33-22(32)18-13-16-14-26-23(29-20(16)21(27-18)31-9-3-2-4-10-31)28-19-6-5-17(15-25-19)30-11-7-24-8-12-30;1-16(32)19-13-17-14-26-23(29-21(17)22(27-19)31-9-3-2-4-10-31)28-20-6-5-18(15-25-20)30-11-7-24-8-12-30/h5-6,13-15,24H,2-4,7-12H2,1H3,(H,25,26,28,29);5-6,13-16,24,32H,2-4,7-12H2,1H3,(H,25,26,28,29). The van der Waals surface area contributed by atoms with E-state index in [2.05, 4.69) is 77.9 Å². The summed E-state index contributed by atoms with van der Waals surface area (Å²) >= 11 is 0. The number of fused-ring (bicyclic) bond motifs is 2. The minimum absolute atomic E-state index is 0.264. The molecule has 0 aliphatic carbocycles. The molecule has 6 aromatic heterocycles. The number of esters is 1. The monoisotopic (exact) mass is 882 g/mol. The van der Waals surface area contributed by atoms with Gasteiger partial charge in [-0.3, -0.25) is 0 Å². The number of anilines is 8. The largest absolute Gasteiger partial charge is 0.464 e. The number of hydrogen-bond acceptors (Lipinski definition) is 19. The fraction of sp³-hybridized carbons (Fsp3) is 0.457. The third kappa shape index (κ3) is 10.5. The fourth-order valence-electron chi connectivity index (χ4n) is 8.63. The predicted molar refractivity (Wildman–Crippen MR) is 254 cm³/mol. The maximum absolute atomic E-state index is 12.2. The topological polar surface area (TPSA) is 211 Å². The van der Waals surface area contributed by atoms with E-state index >= 15 is 0 Å². The van der Waals surface area contributed by atoms with Gasteiger partial charge in [-0.15, -0.1) is 0 Å². The molecule has 0 amide bonds. The van der Waals surface area contributed by atoms with Gasteiger partial charge in [0.15, 0.2) is 17.3 Å². The maximum atomic E-state index is 12.2. The van der Waals surface area contributed by atoms with Gasteiger partial charge in [-0.25, -0.2) is 44.7 Å². The zero-order valence-electron chi connectivity index (χ0n) is 37.2. The van der Waals surface area contributed by atoms with E-state index in [-0.39, 0.29) is 5.69 Å². The number of nitrogens with one attached hydrogen (secondary N) is 4. The first kappa shape index (κ1) is 43.7. The summed E-state index contributed by atoms with van der Waals surface area (Å²) in [7, 11) is 1.36. The minimum atomic E-state index is -0.640. The highest BCUT2D eigenvalue weighted by atomic mass is 16.5. The van der Waals surface area contributed by atoms with Gasteiger partial charge in [-0.1, -0.05) is 0 Å². The van der Waals surface area contributed by atoms with Crippen molar-refractivity contribution in [3.05, 3.63) is 72.6 Å². The quantitative estimate of drug-likeness (QED) is 0.115. The highest BCUT2D eigenvalue weighted by molar-refractivity contribution is 5.97. The summed E-state index contributed by atoms with van der Waals surface area (Å²) in [5, 5.41) is 24.9. The van der Waals surface area contributed by atoms with Gasteiger partial charge in [-0.2, -0.15) is 0 Å². The molecule has 10 heterocycles. The van der Waals surface area contributed by atoms with Crippen LogP contribution in [0.15, 0.2) is 61.2 Å². The molecule has 5 N–H and O–H groups in total. The predicted octanol–water partition coefficient (Wildman–Crippen LogP) is 4.97. The highest BCUT2D eigenvalue weighted by Gasteiger charge is 2.22. The lowest BCUT2D eigenvalue weighted by Crippen LogP contribution is -2.43. The van der Waals surface area contributed by atoms with E-state index in [4.69, 9.17) is 19.7 Å². The first-order valence-electron chi connectivity index (χ1n) is 22.9. The molecule has 10 rings (SSSR count). The lowest BCUT2D eigenvalue weighted by atomic mass is 10.1. The molecule has 65 heavy (non-hydrogen) atoms. The van der Waals surface area contributed by atoms with Crippen molar-refractivity contribution in [2.75, 3.05) is 116 Å². The number of piperazine rings is 2. The van der Waals surface area contributed by atoms with Crippen molar-refractivity contribution in [1.29, 1.82) is 0 Å². The Balaban J connectivity index is 0.000000164. The van der Waals surface area contributed by atoms with Gasteiger partial charge in [0.25, 0.3) is 0 Å². The Morgan fingerprint density at radius 3 is 1.52 bits per heavy atom. The van der Waals surface area contributed by atoms with E-state index in [1.54, 1.807) is 25.4 Å². The molecule has 4 aliphatic rings. The number of aliphatic hydroxyl groups is 1. The molecule has 4 saturated heterocycles. The molecule has 0 radical (unpaired) electrons. The maximum Gasteiger partial charge on any atom is 0.356 e. The Kier molecular flexibility index (Phi) is 13.8. The average Bonchev–Trinajstić information content (AvgIpc) is 3.37. The number of aliphatic hydroxyl groups excluding tert-OH is 1. The van der Waals surface area contributed by atoms with Crippen LogP contribution >= 0.6 is 0 Å². The molecule has 1 atom stereocenters. The Bertz CT molecular complexity index is 2540. The van der Waals surface area contributed by atoms with E-state index in [0.717, 1.165) is 138 Å². The second kappa shape index (κ2) is 20.5. The Morgan fingerprint density at radius 2 is 1.08 bits per heavy atom. The van der Waals surface area contributed by atoms with Gasteiger partial charge >= 0.3 is 5.97 Å². The number of rotatable bonds is 10. The van der Waals surface area contributed by atoms with Crippen molar-refractivity contribution in [3.63, 3.8) is 0 Å². The van der Waals surface area contributed by atoms with E-state index in [0.29, 0.717) is 40.6 Å². The van der Waals surface area contributed by atoms with Gasteiger partial charge in [-0.05, 0) is 81.8 Å². The third-order valence-corrected chi connectivity index (χ3v) is 12.2. The average molecular weight is 883 g/mol. The normalized spacial score (nSPS) is 17.3. The summed E-state index contributed by atoms with van der Waals surface area (Å²) in [5.74, 6) is 3.36. The van der Waals surface area contributed by atoms with Gasteiger partial charge in [0, 0.05) is 102 Å². The zero-order valence-corrected chi connectivity index (χ0v) is 37.2. The second-order valence-corrected chi connectivity index (χ2v) is 16.8. The van der Waals surface area contributed by atoms with Crippen molar-refractivity contribution >= 4 is 74.3 Å². The van der Waals surface area contributed by atoms with E-state index < -0.39 is 12.1 Å². The smallest absolute Gasteiger partial charge is 0.356 e. The van der Waals surface area contributed by atoms with Gasteiger partial charge in [0.05, 0.1) is 42.7 Å². The molecule has 6 aromatic rings. The van der Waals surface area contributed by atoms with Crippen LogP contribution < -0.4 is 40.9 Å². The molecular weight excluding hydrogens is 825 g/mol. The molecule has 19 nitrogen and oxygen atoms in total. The fourth-order valence-corrected chi connectivity index (χ4v) is 8.63. The number of pyridine rings is 4. The minimum Gasteiger partial charge on any atom is -0.464 e. The number of ether oxygens (including phenoxy) is 1. The molecule has 1 unspecified atom stereocenters. The van der Waals surface area contributed by atoms with Crippen molar-refractivity contribution in [2.24, 2.45) is 0 Å². The number of carbonyl (C=O) groups excluding carboxylic acids is 1. The number of methoxy groups -OCH3 is 1. The van der Waals surface area contributed by atoms with Crippen molar-refractivity contribution < 1.29 is 14.6 Å². The van der Waals surface area contributed by atoms with Crippen LogP contribution in [0.25, 0.3) is 21.8 Å². The number of nitrogens with zero attached hydrogens (tertiary/aromatic N) is 12. The van der Waals surface area contributed by atoms with Gasteiger partial charge < -0.3 is 50.7 Å². The summed E-state index contributed by atoms with van der Waals surface area (Å²) in [6.45, 7) is 13.3. The van der Waals surface area contributed by atoms with Crippen LogP contribution in [0.4, 0.5) is 46.5 Å². The van der Waals surface area contributed by atoms with Crippen LogP contribution in [0.2, 0.25) is 0 Å². The Hall–Kier alpha value is -6.57. The first-order valence-corrected chi connectivity index (χ1v) is 22.9. The Morgan fingerprint density at radius 1 is 0.600 bits per heavy atom. The lowest BCUT2D eigenvalue weighted by Gasteiger charge is -2.29. The zero-order chi connectivity index (χ0) is 44.5. The van der Waals surface area contributed by atoms with Crippen LogP contribution in [-0.2, 0) is 4.74 Å². The third-order valence-electron chi connectivity index (χ3n) is 12.2. The molecular formula is C46H58N16O3. The molecule has 4 fully saturated rings. The van der Waals surface area contributed by atoms with Crippen LogP contribution in [0, 0.1) is 0 Å².